The van der Waals surface area contributed by atoms with Gasteiger partial charge in [0.25, 0.3) is 10.1 Å². The number of methoxy groups -OCH3 is 1. The highest BCUT2D eigenvalue weighted by Crippen LogP contribution is 1.90. The van der Waals surface area contributed by atoms with Gasteiger partial charge in [-0.3, -0.25) is 4.18 Å². The van der Waals surface area contributed by atoms with E-state index >= 15 is 0 Å². The minimum Gasteiger partial charge on any atom is -0.382 e. The van der Waals surface area contributed by atoms with E-state index in [4.69, 9.17) is 9.47 Å². The van der Waals surface area contributed by atoms with Gasteiger partial charge in [0.1, 0.15) is 0 Å². The molecule has 5 nitrogen and oxygen atoms in total. The Bertz CT molecular complexity index is 199. The summed E-state index contributed by atoms with van der Waals surface area (Å²) in [5, 5.41) is 0. The molecule has 0 aliphatic carbocycles. The molecule has 80 valence electrons. The molecule has 0 aromatic rings. The van der Waals surface area contributed by atoms with Gasteiger partial charge >= 0.3 is 0 Å². The molecule has 0 aromatic carbocycles. The van der Waals surface area contributed by atoms with Crippen molar-refractivity contribution in [1.29, 1.82) is 0 Å². The SMILES string of the molecule is COCCOCCCOS(C)(=O)=O. The molecule has 0 aliphatic heterocycles. The molecule has 13 heavy (non-hydrogen) atoms. The third kappa shape index (κ3) is 11.8. The van der Waals surface area contributed by atoms with Crippen molar-refractivity contribution in [3.05, 3.63) is 0 Å². The van der Waals surface area contributed by atoms with Crippen molar-refractivity contribution in [1.82, 2.24) is 0 Å². The molecule has 0 saturated carbocycles. The molecule has 0 amide bonds. The summed E-state index contributed by atoms with van der Waals surface area (Å²) < 4.78 is 35.3. The fourth-order valence-electron chi connectivity index (χ4n) is 0.616. The highest BCUT2D eigenvalue weighted by molar-refractivity contribution is 7.85. The van der Waals surface area contributed by atoms with E-state index in [0.717, 1.165) is 6.26 Å². The first-order valence-electron chi connectivity index (χ1n) is 3.97. The molecule has 0 radical (unpaired) electrons. The van der Waals surface area contributed by atoms with E-state index in [9.17, 15) is 8.42 Å². The summed E-state index contributed by atoms with van der Waals surface area (Å²) in [7, 11) is -1.71. The second kappa shape index (κ2) is 7.25. The lowest BCUT2D eigenvalue weighted by Gasteiger charge is -2.03. The largest absolute Gasteiger partial charge is 0.382 e. The maximum absolute atomic E-state index is 10.5. The van der Waals surface area contributed by atoms with Crippen LogP contribution in [0.2, 0.25) is 0 Å². The normalized spacial score (nSPS) is 11.8. The molecule has 0 fully saturated rings. The molecule has 0 saturated heterocycles. The number of rotatable bonds is 8. The van der Waals surface area contributed by atoms with Crippen LogP contribution < -0.4 is 0 Å². The van der Waals surface area contributed by atoms with Crippen molar-refractivity contribution in [2.75, 3.05) is 39.8 Å². The molecule has 6 heteroatoms. The zero-order chi connectivity index (χ0) is 10.2. The minimum atomic E-state index is -3.30. The van der Waals surface area contributed by atoms with E-state index in [1.54, 1.807) is 7.11 Å². The van der Waals surface area contributed by atoms with Crippen LogP contribution in [0.5, 0.6) is 0 Å². The van der Waals surface area contributed by atoms with Crippen LogP contribution in [0.4, 0.5) is 0 Å². The Hall–Kier alpha value is -0.170. The van der Waals surface area contributed by atoms with Gasteiger partial charge in [-0.25, -0.2) is 0 Å². The highest BCUT2D eigenvalue weighted by atomic mass is 32.2. The maximum atomic E-state index is 10.5. The summed E-state index contributed by atoms with van der Waals surface area (Å²) in [6.45, 7) is 1.73. The lowest BCUT2D eigenvalue weighted by atomic mass is 10.5. The van der Waals surface area contributed by atoms with E-state index in [1.807, 2.05) is 0 Å². The second-order valence-corrected chi connectivity index (χ2v) is 4.13. The summed E-state index contributed by atoms with van der Waals surface area (Å²) in [5.74, 6) is 0. The van der Waals surface area contributed by atoms with Crippen molar-refractivity contribution in [2.24, 2.45) is 0 Å². The summed E-state index contributed by atoms with van der Waals surface area (Å²) in [4.78, 5) is 0. The monoisotopic (exact) mass is 212 g/mol. The van der Waals surface area contributed by atoms with Crippen molar-refractivity contribution in [3.8, 4) is 0 Å². The van der Waals surface area contributed by atoms with Gasteiger partial charge in [-0.05, 0) is 6.42 Å². The highest BCUT2D eigenvalue weighted by Gasteiger charge is 1.99. The summed E-state index contributed by atoms with van der Waals surface area (Å²) in [5.41, 5.74) is 0. The minimum absolute atomic E-state index is 0.172. The molecule has 0 rings (SSSR count). The molecule has 0 aliphatic rings. The standard InChI is InChI=1S/C7H16O5S/c1-10-6-7-11-4-3-5-12-13(2,8)9/h3-7H2,1-2H3. The van der Waals surface area contributed by atoms with Crippen LogP contribution in [0.15, 0.2) is 0 Å². The Morgan fingerprint density at radius 1 is 1.08 bits per heavy atom. The first-order valence-corrected chi connectivity index (χ1v) is 5.79. The Morgan fingerprint density at radius 2 is 1.77 bits per heavy atom. The average Bonchev–Trinajstić information content (AvgIpc) is 2.01. The topological polar surface area (TPSA) is 61.8 Å². The maximum Gasteiger partial charge on any atom is 0.264 e. The van der Waals surface area contributed by atoms with Crippen LogP contribution in [-0.4, -0.2) is 48.2 Å². The van der Waals surface area contributed by atoms with Crippen molar-refractivity contribution >= 4 is 10.1 Å². The van der Waals surface area contributed by atoms with Gasteiger partial charge in [-0.1, -0.05) is 0 Å². The summed E-state index contributed by atoms with van der Waals surface area (Å²) in [6, 6.07) is 0. The zero-order valence-electron chi connectivity index (χ0n) is 7.99. The first kappa shape index (κ1) is 12.8. The van der Waals surface area contributed by atoms with Gasteiger partial charge in [0.2, 0.25) is 0 Å². The molecular formula is C7H16O5S. The Kier molecular flexibility index (Phi) is 7.16. The molecule has 0 unspecified atom stereocenters. The zero-order valence-corrected chi connectivity index (χ0v) is 8.80. The number of hydrogen-bond donors (Lipinski definition) is 0. The molecule has 0 atom stereocenters. The van der Waals surface area contributed by atoms with Gasteiger partial charge in [-0.2, -0.15) is 8.42 Å². The van der Waals surface area contributed by atoms with E-state index in [1.165, 1.54) is 0 Å². The summed E-state index contributed by atoms with van der Waals surface area (Å²) >= 11 is 0. The molecule has 0 aromatic heterocycles. The number of ether oxygens (including phenoxy) is 2. The van der Waals surface area contributed by atoms with Gasteiger partial charge in [-0.15, -0.1) is 0 Å². The quantitative estimate of drug-likeness (QED) is 0.419. The van der Waals surface area contributed by atoms with Crippen LogP contribution in [-0.2, 0) is 23.8 Å². The molecule has 0 N–H and O–H groups in total. The Morgan fingerprint density at radius 3 is 2.31 bits per heavy atom. The fourth-order valence-corrected chi connectivity index (χ4v) is 1.04. The summed E-state index contributed by atoms with van der Waals surface area (Å²) in [6.07, 6.45) is 1.59. The lowest BCUT2D eigenvalue weighted by molar-refractivity contribution is 0.0648. The Balaban J connectivity index is 3.09. The van der Waals surface area contributed by atoms with E-state index in [2.05, 4.69) is 4.18 Å². The van der Waals surface area contributed by atoms with Gasteiger partial charge in [0, 0.05) is 13.7 Å². The van der Waals surface area contributed by atoms with Crippen LogP contribution in [0.3, 0.4) is 0 Å². The lowest BCUT2D eigenvalue weighted by Crippen LogP contribution is -2.08. The molecule has 0 bridgehead atoms. The molecular weight excluding hydrogens is 196 g/mol. The van der Waals surface area contributed by atoms with E-state index in [0.29, 0.717) is 26.2 Å². The van der Waals surface area contributed by atoms with Crippen LogP contribution in [0.1, 0.15) is 6.42 Å². The average molecular weight is 212 g/mol. The predicted molar refractivity (Wildman–Crippen MR) is 48.1 cm³/mol. The van der Waals surface area contributed by atoms with Gasteiger partial charge < -0.3 is 9.47 Å². The fraction of sp³-hybridized carbons (Fsp3) is 1.00. The van der Waals surface area contributed by atoms with E-state index in [-0.39, 0.29) is 6.61 Å². The van der Waals surface area contributed by atoms with Crippen molar-refractivity contribution < 1.29 is 22.1 Å². The predicted octanol–water partition coefficient (Wildman–Crippen LogP) is 0.0157. The molecule has 0 spiro atoms. The van der Waals surface area contributed by atoms with Crippen molar-refractivity contribution in [2.45, 2.75) is 6.42 Å². The van der Waals surface area contributed by atoms with E-state index < -0.39 is 10.1 Å². The second-order valence-electron chi connectivity index (χ2n) is 2.48. The molecule has 0 heterocycles. The van der Waals surface area contributed by atoms with Gasteiger partial charge in [0.05, 0.1) is 26.1 Å². The van der Waals surface area contributed by atoms with Crippen LogP contribution in [0, 0.1) is 0 Å². The van der Waals surface area contributed by atoms with Crippen LogP contribution in [0.25, 0.3) is 0 Å². The first-order chi connectivity index (χ1) is 6.06. The third-order valence-corrected chi connectivity index (χ3v) is 1.76. The smallest absolute Gasteiger partial charge is 0.264 e. The van der Waals surface area contributed by atoms with Crippen molar-refractivity contribution in [3.63, 3.8) is 0 Å². The Labute approximate surface area is 79.1 Å². The van der Waals surface area contributed by atoms with Crippen LogP contribution >= 0.6 is 0 Å². The third-order valence-electron chi connectivity index (χ3n) is 1.16. The van der Waals surface area contributed by atoms with Gasteiger partial charge in [0.15, 0.2) is 0 Å². The number of hydrogen-bond acceptors (Lipinski definition) is 5.